The fourth-order valence-electron chi connectivity index (χ4n) is 6.38. The SMILES string of the molecule is C[Si](C)(C)OC1=CC=C(O[Si](C)(C)C)[Si@]2([Si](C)(C)C)[C@H]3C=CC=C[Si@@]3([Si](C)(C)C)[C@H]12. The highest BCUT2D eigenvalue weighted by Gasteiger charge is 2.82. The summed E-state index contributed by atoms with van der Waals surface area (Å²) in [5.41, 5.74) is 2.75. The first-order valence-corrected chi connectivity index (χ1v) is 31.7. The summed E-state index contributed by atoms with van der Waals surface area (Å²) in [6.07, 6.45) is 12.2. The first-order chi connectivity index (χ1) is 13.4. The summed E-state index contributed by atoms with van der Waals surface area (Å²) in [5, 5.41) is 2.91. The molecule has 0 aromatic rings. The van der Waals surface area contributed by atoms with Crippen molar-refractivity contribution in [1.29, 1.82) is 0 Å². The van der Waals surface area contributed by atoms with E-state index >= 15 is 0 Å². The molecule has 0 bridgehead atoms. The Bertz CT molecular complexity index is 832. The summed E-state index contributed by atoms with van der Waals surface area (Å²) in [5.74, 6) is 1.37. The van der Waals surface area contributed by atoms with Crippen LogP contribution in [0.5, 0.6) is 0 Å². The van der Waals surface area contributed by atoms with Crippen LogP contribution in [0.4, 0.5) is 0 Å². The largest absolute Gasteiger partial charge is 0.551 e. The van der Waals surface area contributed by atoms with E-state index in [9.17, 15) is 0 Å². The Balaban J connectivity index is 2.32. The van der Waals surface area contributed by atoms with Crippen LogP contribution in [0.2, 0.25) is 88.9 Å². The van der Waals surface area contributed by atoms with Crippen molar-refractivity contribution in [1.82, 2.24) is 0 Å². The predicted octanol–water partition coefficient (Wildman–Crippen LogP) is 7.24. The second kappa shape index (κ2) is 7.18. The van der Waals surface area contributed by atoms with E-state index < -0.39 is 47.0 Å². The van der Waals surface area contributed by atoms with Crippen LogP contribution >= 0.6 is 0 Å². The zero-order valence-corrected chi connectivity index (χ0v) is 27.4. The van der Waals surface area contributed by atoms with Gasteiger partial charge < -0.3 is 8.85 Å². The Labute approximate surface area is 191 Å². The Hall–Kier alpha value is -0.139. The van der Waals surface area contributed by atoms with Crippen molar-refractivity contribution in [2.24, 2.45) is 0 Å². The van der Waals surface area contributed by atoms with Crippen molar-refractivity contribution in [2.75, 3.05) is 0 Å². The molecule has 0 unspecified atom stereocenters. The van der Waals surface area contributed by atoms with Gasteiger partial charge in [-0.2, -0.15) is 0 Å². The van der Waals surface area contributed by atoms with Gasteiger partial charge >= 0.3 is 0 Å². The fraction of sp³-hybridized carbons (Fsp3) is 0.636. The molecule has 1 fully saturated rings. The number of hydrogen-bond acceptors (Lipinski definition) is 2. The molecule has 2 nitrogen and oxygen atoms in total. The van der Waals surface area contributed by atoms with Crippen molar-refractivity contribution < 1.29 is 8.85 Å². The van der Waals surface area contributed by atoms with Crippen molar-refractivity contribution in [3.05, 3.63) is 47.2 Å². The molecule has 0 saturated carbocycles. The minimum absolute atomic E-state index is 0.678. The van der Waals surface area contributed by atoms with E-state index in [0.29, 0.717) is 5.16 Å². The molecule has 0 amide bonds. The van der Waals surface area contributed by atoms with Crippen LogP contribution in [-0.2, 0) is 8.85 Å². The molecule has 0 aliphatic carbocycles. The van der Waals surface area contributed by atoms with Crippen molar-refractivity contribution in [2.45, 2.75) is 88.9 Å². The smallest absolute Gasteiger partial charge is 0.241 e. The first kappa shape index (κ1) is 24.5. The van der Waals surface area contributed by atoms with Gasteiger partial charge in [-0.05, 0) is 56.6 Å². The third-order valence-corrected chi connectivity index (χ3v) is 50.0. The van der Waals surface area contributed by atoms with Gasteiger partial charge in [0.15, 0.2) is 0 Å². The minimum Gasteiger partial charge on any atom is -0.551 e. The van der Waals surface area contributed by atoms with Crippen LogP contribution in [0.1, 0.15) is 0 Å². The fourth-order valence-corrected chi connectivity index (χ4v) is 71.0. The molecule has 3 rings (SSSR count). The van der Waals surface area contributed by atoms with Crippen LogP contribution in [0, 0.1) is 0 Å². The number of rotatable bonds is 6. The maximum absolute atomic E-state index is 7.01. The lowest BCUT2D eigenvalue weighted by molar-refractivity contribution is 0.400. The van der Waals surface area contributed by atoms with Crippen molar-refractivity contribution >= 4 is 47.0 Å². The summed E-state index contributed by atoms with van der Waals surface area (Å²) in [6.45, 7) is 29.9. The Morgan fingerprint density at radius 3 is 1.73 bits per heavy atom. The number of allylic oxidation sites excluding steroid dienone is 6. The second-order valence-electron chi connectivity index (χ2n) is 13.5. The van der Waals surface area contributed by atoms with E-state index in [4.69, 9.17) is 8.85 Å². The van der Waals surface area contributed by atoms with Gasteiger partial charge in [0.2, 0.25) is 16.6 Å². The van der Waals surface area contributed by atoms with Crippen molar-refractivity contribution in [3.8, 4) is 0 Å². The second-order valence-corrected chi connectivity index (χ2v) is 53.4. The normalized spacial score (nSPS) is 33.7. The molecule has 0 N–H and O–H groups in total. The highest BCUT2D eigenvalue weighted by atomic mass is 29.3. The Morgan fingerprint density at radius 2 is 1.27 bits per heavy atom. The first-order valence-electron chi connectivity index (χ1n) is 11.5. The maximum Gasteiger partial charge on any atom is 0.241 e. The lowest BCUT2D eigenvalue weighted by atomic mass is 10.4. The molecule has 3 aliphatic heterocycles. The third kappa shape index (κ3) is 3.59. The molecule has 0 radical (unpaired) electrons. The van der Waals surface area contributed by atoms with Crippen LogP contribution in [-0.4, -0.2) is 47.0 Å². The average Bonchev–Trinajstić information content (AvgIpc) is 2.47. The quantitative estimate of drug-likeness (QED) is 0.352. The molecule has 30 heavy (non-hydrogen) atoms. The maximum atomic E-state index is 7.01. The molecule has 3 heterocycles. The summed E-state index contributed by atoms with van der Waals surface area (Å²) in [6, 6.07) is 0. The summed E-state index contributed by atoms with van der Waals surface area (Å²) in [4.78, 5) is 0. The monoisotopic (exact) mass is 508 g/mol. The molecule has 3 aliphatic rings. The van der Waals surface area contributed by atoms with Gasteiger partial charge in [-0.15, -0.1) is 0 Å². The molecular weight excluding hydrogens is 465 g/mol. The topological polar surface area (TPSA) is 18.5 Å². The van der Waals surface area contributed by atoms with Gasteiger partial charge in [0, 0.05) is 20.3 Å². The number of hydrogen-bond donors (Lipinski definition) is 0. The van der Waals surface area contributed by atoms with Crippen LogP contribution in [0.25, 0.3) is 0 Å². The molecule has 0 aromatic heterocycles. The highest BCUT2D eigenvalue weighted by Crippen LogP contribution is 2.71. The lowest BCUT2D eigenvalue weighted by Crippen LogP contribution is -2.89. The predicted molar refractivity (Wildman–Crippen MR) is 149 cm³/mol. The molecule has 168 valence electrons. The molecule has 1 saturated heterocycles. The standard InChI is InChI=1S/C22H44O2Si6/c1-25(2,3)23-19-16-17-20(24-26(4,5)6)30(28(10,11)12)21-15-13-14-18-29(21,22(19)30)27(7,8)9/h13-18,21-22H,1-12H3/t21-,22-,29-,30-/m0/s1. The van der Waals surface area contributed by atoms with Gasteiger partial charge in [0.05, 0.1) is 18.7 Å². The van der Waals surface area contributed by atoms with Gasteiger partial charge in [-0.3, -0.25) is 0 Å². The van der Waals surface area contributed by atoms with E-state index in [1.807, 2.05) is 0 Å². The number of fused-ring (bicyclic) bond motifs is 4. The average molecular weight is 509 g/mol. The van der Waals surface area contributed by atoms with Crippen LogP contribution in [0.15, 0.2) is 47.2 Å². The molecule has 4 atom stereocenters. The van der Waals surface area contributed by atoms with E-state index in [2.05, 4.69) is 115 Å². The zero-order chi connectivity index (χ0) is 23.0. The van der Waals surface area contributed by atoms with Gasteiger partial charge in [0.25, 0.3) is 0 Å². The zero-order valence-electron chi connectivity index (χ0n) is 21.4. The van der Waals surface area contributed by atoms with Crippen LogP contribution in [0.3, 0.4) is 0 Å². The lowest BCUT2D eigenvalue weighted by Gasteiger charge is -2.74. The molecule has 8 heteroatoms. The van der Waals surface area contributed by atoms with Crippen molar-refractivity contribution in [3.63, 3.8) is 0 Å². The highest BCUT2D eigenvalue weighted by molar-refractivity contribution is 7.65. The van der Waals surface area contributed by atoms with Gasteiger partial charge in [0.1, 0.15) is 7.59 Å². The molecule has 0 aromatic carbocycles. The molecule has 0 spiro atoms. The van der Waals surface area contributed by atoms with E-state index in [1.165, 1.54) is 11.1 Å². The van der Waals surface area contributed by atoms with E-state index in [1.54, 1.807) is 0 Å². The van der Waals surface area contributed by atoms with E-state index in [-0.39, 0.29) is 0 Å². The van der Waals surface area contributed by atoms with E-state index in [0.717, 1.165) is 5.16 Å². The summed E-state index contributed by atoms with van der Waals surface area (Å²) >= 11 is 0. The van der Waals surface area contributed by atoms with Crippen LogP contribution < -0.4 is 0 Å². The Morgan fingerprint density at radius 1 is 0.700 bits per heavy atom. The summed E-state index contributed by atoms with van der Waals surface area (Å²) < 4.78 is 14.0. The van der Waals surface area contributed by atoms with Gasteiger partial charge in [-0.25, -0.2) is 0 Å². The molecular formula is C22H44O2Si6. The Kier molecular flexibility index (Phi) is 5.86. The van der Waals surface area contributed by atoms with Gasteiger partial charge in [-0.1, -0.05) is 63.2 Å². The minimum atomic E-state index is -1.91. The third-order valence-electron chi connectivity index (χ3n) is 7.20. The summed E-state index contributed by atoms with van der Waals surface area (Å²) in [7, 11) is -9.93.